The Balaban J connectivity index is -0.00000000286. The molecule has 3 nitrogen and oxygen atoms in total. The predicted octanol–water partition coefficient (Wildman–Crippen LogP) is -3.88. The van der Waals surface area contributed by atoms with Crippen LogP contribution in [0, 0.1) is 0 Å². The Bertz CT molecular complexity index is 59.0. The first-order chi connectivity index (χ1) is 2.41. The molecule has 38 valence electrons. The molecule has 0 aromatic rings. The van der Waals surface area contributed by atoms with Crippen LogP contribution in [-0.2, 0) is 14.3 Å². The van der Waals surface area contributed by atoms with E-state index in [9.17, 15) is 0 Å². The van der Waals surface area contributed by atoms with Gasteiger partial charge in [0.25, 0.3) is 0 Å². The zero-order chi connectivity index (χ0) is 4.12. The van der Waals surface area contributed by atoms with E-state index in [1.165, 1.54) is 0 Å². The van der Waals surface area contributed by atoms with Crippen molar-refractivity contribution in [1.82, 2.24) is 0 Å². The first-order valence-electron chi connectivity index (χ1n) is 0.943. The van der Waals surface area contributed by atoms with Gasteiger partial charge in [-0.15, -0.1) is 0 Å². The molecule has 0 aliphatic rings. The van der Waals surface area contributed by atoms with Gasteiger partial charge in [0.05, 0.1) is 0 Å². The molecule has 0 aromatic carbocycles. The summed E-state index contributed by atoms with van der Waals surface area (Å²) in [6.07, 6.45) is 0. The largest absolute Gasteiger partial charge is 2.00 e. The summed E-state index contributed by atoms with van der Waals surface area (Å²) in [5, 5.41) is 0. The summed E-state index contributed by atoms with van der Waals surface area (Å²) in [7, 11) is 0. The molecule has 6 heteroatoms. The van der Waals surface area contributed by atoms with E-state index in [4.69, 9.17) is 9.59 Å². The molecule has 0 N–H and O–H groups in total. The van der Waals surface area contributed by atoms with Gasteiger partial charge in [-0.05, 0) is 0 Å². The maximum Gasteiger partial charge on any atom is 2.00 e. The number of ether oxygens (including phenoxy) is 1. The van der Waals surface area contributed by atoms with Crippen LogP contribution in [0.25, 0.3) is 0 Å². The van der Waals surface area contributed by atoms with Gasteiger partial charge in [0, 0.05) is 0 Å². The van der Waals surface area contributed by atoms with E-state index in [0.717, 1.165) is 0 Å². The van der Waals surface area contributed by atoms with Crippen LogP contribution in [0.15, 0.2) is 0 Å². The smallest absolute Gasteiger partial charge is 1.00 e. The maximum atomic E-state index is 8.95. The second kappa shape index (κ2) is 22.9. The van der Waals surface area contributed by atoms with E-state index in [1.54, 1.807) is 0 Å². The molecule has 0 saturated heterocycles. The van der Waals surface area contributed by atoms with E-state index in [0.29, 0.717) is 0 Å². The summed E-state index contributed by atoms with van der Waals surface area (Å²) in [4.78, 5) is 17.9. The molecule has 0 atom stereocenters. The van der Waals surface area contributed by atoms with Crippen LogP contribution in [0.5, 0.6) is 0 Å². The Kier molecular flexibility index (Phi) is 64.3. The second-order valence-electron chi connectivity index (χ2n) is 0.329. The molecule has 0 bridgehead atoms. The van der Waals surface area contributed by atoms with Gasteiger partial charge >= 0.3 is 103 Å². The molecular weight excluding hydrogens is 159 g/mol. The average Bonchev–Trinajstić information content (AvgIpc) is 1.41. The van der Waals surface area contributed by atoms with Gasteiger partial charge in [-0.3, -0.25) is 9.59 Å². The van der Waals surface area contributed by atoms with Crippen LogP contribution in [0.4, 0.5) is 0 Å². The van der Waals surface area contributed by atoms with Crippen molar-refractivity contribution in [2.45, 2.75) is 0 Å². The topological polar surface area (TPSA) is 43.4 Å². The van der Waals surface area contributed by atoms with Crippen LogP contribution < -0.4 is 29.6 Å². The van der Waals surface area contributed by atoms with E-state index >= 15 is 0 Å². The van der Waals surface area contributed by atoms with Gasteiger partial charge in [-0.25, -0.2) is 0 Å². The normalized spacial score (nSPS) is 3.50. The Morgan fingerprint density at radius 1 is 1.25 bits per heavy atom. The second-order valence-corrected chi connectivity index (χ2v) is 0.329. The zero-order valence-electron chi connectivity index (χ0n) is 9.79. The van der Waals surface area contributed by atoms with Gasteiger partial charge in [-0.2, -0.15) is 0 Å². The maximum absolute atomic E-state index is 8.95. The van der Waals surface area contributed by atoms with Crippen molar-refractivity contribution in [1.29, 1.82) is 0 Å². The fraction of sp³-hybridized carbons (Fsp3) is 0. The minimum Gasteiger partial charge on any atom is -1.00 e. The quantitative estimate of drug-likeness (QED) is 0.239. The van der Waals surface area contributed by atoms with Crippen molar-refractivity contribution >= 4 is 73.7 Å². The van der Waals surface area contributed by atoms with Crippen molar-refractivity contribution in [3.05, 3.63) is 0 Å². The first-order valence-corrected chi connectivity index (χ1v) is 0.943. The Morgan fingerprint density at radius 2 is 1.50 bits per heavy atom. The van der Waals surface area contributed by atoms with Crippen LogP contribution in [0.2, 0.25) is 0 Å². The fourth-order valence-electron chi connectivity index (χ4n) is 0.0227. The molecule has 0 saturated carbocycles. The van der Waals surface area contributed by atoms with Crippen LogP contribution in [0.1, 0.15) is 7.13 Å². The molecule has 0 heterocycles. The Morgan fingerprint density at radius 3 is 1.50 bits per heavy atom. The van der Waals surface area contributed by atoms with Gasteiger partial charge in [0.15, 0.2) is 0 Å². The van der Waals surface area contributed by atoms with Crippen LogP contribution in [-0.4, -0.2) is 73.7 Å². The third kappa shape index (κ3) is 24.2. The van der Waals surface area contributed by atoms with Gasteiger partial charge in [0.2, 0.25) is 0 Å². The van der Waals surface area contributed by atoms with Gasteiger partial charge < -0.3 is 11.9 Å². The SMILES string of the molecule is O=COC=O.[Ca+2].[H-].[H-].[H-].[H-].[H-].[Mg+2].[Na+]. The summed E-state index contributed by atoms with van der Waals surface area (Å²) >= 11 is 0. The molecular formula is C2H7CaMgNaO3. The van der Waals surface area contributed by atoms with Crippen molar-refractivity contribution in [2.24, 2.45) is 0 Å². The summed E-state index contributed by atoms with van der Waals surface area (Å²) in [6, 6.07) is 0. The standard InChI is InChI=1S/C2H2O3.Ca.Mg.Na.5H/c3-1-5-2-4;;;;;;;;/h1-2H;;;;;;;;/q;2*+2;+1;5*-1. The van der Waals surface area contributed by atoms with Crippen molar-refractivity contribution in [3.63, 3.8) is 0 Å². The molecule has 0 aromatic heterocycles. The summed E-state index contributed by atoms with van der Waals surface area (Å²) in [6.45, 7) is 0.125. The van der Waals surface area contributed by atoms with Crippen LogP contribution in [0.3, 0.4) is 0 Å². The summed E-state index contributed by atoms with van der Waals surface area (Å²) in [5.74, 6) is 0. The Labute approximate surface area is 123 Å². The fourth-order valence-corrected chi connectivity index (χ4v) is 0.0227. The summed E-state index contributed by atoms with van der Waals surface area (Å²) in [5.41, 5.74) is 0. The van der Waals surface area contributed by atoms with E-state index in [1.807, 2.05) is 0 Å². The van der Waals surface area contributed by atoms with Crippen LogP contribution >= 0.6 is 0 Å². The number of carbonyl (C=O) groups excluding carboxylic acids is 2. The number of carbonyl (C=O) groups is 2. The molecule has 0 unspecified atom stereocenters. The molecule has 0 radical (unpaired) electrons. The zero-order valence-corrected chi connectivity index (χ0v) is 10.4. The Hall–Kier alpha value is 2.17. The number of rotatable bonds is 2. The molecule has 0 rings (SSSR count). The molecule has 8 heavy (non-hydrogen) atoms. The van der Waals surface area contributed by atoms with E-state index in [2.05, 4.69) is 4.74 Å². The third-order valence-electron chi connectivity index (χ3n) is 0.111. The number of hydrogen-bond donors (Lipinski definition) is 0. The number of hydrogen-bond acceptors (Lipinski definition) is 3. The van der Waals surface area contributed by atoms with Crippen molar-refractivity contribution in [3.8, 4) is 0 Å². The molecule has 0 spiro atoms. The average molecular weight is 166 g/mol. The van der Waals surface area contributed by atoms with Gasteiger partial charge in [0.1, 0.15) is 0 Å². The summed E-state index contributed by atoms with van der Waals surface area (Å²) < 4.78 is 3.47. The molecule has 0 amide bonds. The first kappa shape index (κ1) is 22.5. The predicted molar refractivity (Wildman–Crippen MR) is 30.3 cm³/mol. The van der Waals surface area contributed by atoms with Crippen molar-refractivity contribution < 1.29 is 51.0 Å². The monoisotopic (exact) mass is 166 g/mol. The van der Waals surface area contributed by atoms with E-state index < -0.39 is 0 Å². The molecule has 0 aliphatic carbocycles. The van der Waals surface area contributed by atoms with Gasteiger partial charge in [-0.1, -0.05) is 0 Å². The molecule has 0 fully saturated rings. The minimum absolute atomic E-state index is 0. The van der Waals surface area contributed by atoms with Crippen molar-refractivity contribution in [2.75, 3.05) is 0 Å². The molecule has 0 aliphatic heterocycles. The minimum atomic E-state index is 0. The van der Waals surface area contributed by atoms with E-state index in [-0.39, 0.29) is 110 Å². The third-order valence-corrected chi connectivity index (χ3v) is 0.111.